The molecule has 0 spiro atoms. The lowest BCUT2D eigenvalue weighted by Crippen LogP contribution is -2.54. The number of nitrogens with one attached hydrogen (secondary N) is 1. The number of nitrogens with zero attached hydrogens (tertiary/aromatic N) is 1. The van der Waals surface area contributed by atoms with E-state index in [4.69, 9.17) is 0 Å². The SMILES string of the molecule is CC(C)(C)NC(=O)C(Cc1ccccc1)N(Cc1ccc(Br)cc1)C(=O)CCc1cccc2ccccc12. The first-order chi connectivity index (χ1) is 18.2. The van der Waals surface area contributed by atoms with Crippen LogP contribution in [0.25, 0.3) is 10.8 Å². The summed E-state index contributed by atoms with van der Waals surface area (Å²) < 4.78 is 0.974. The van der Waals surface area contributed by atoms with Crippen LogP contribution in [0.15, 0.2) is 102 Å². The van der Waals surface area contributed by atoms with Crippen LogP contribution in [0.3, 0.4) is 0 Å². The van der Waals surface area contributed by atoms with Gasteiger partial charge in [-0.25, -0.2) is 0 Å². The second-order valence-corrected chi connectivity index (χ2v) is 11.6. The molecule has 38 heavy (non-hydrogen) atoms. The minimum Gasteiger partial charge on any atom is -0.350 e. The fraction of sp³-hybridized carbons (Fsp3) is 0.273. The molecule has 5 heteroatoms. The molecule has 0 aliphatic heterocycles. The molecule has 0 aromatic heterocycles. The summed E-state index contributed by atoms with van der Waals surface area (Å²) in [5.74, 6) is -0.178. The third-order valence-electron chi connectivity index (χ3n) is 6.52. The lowest BCUT2D eigenvalue weighted by Gasteiger charge is -2.34. The molecule has 4 rings (SSSR count). The van der Waals surface area contributed by atoms with Gasteiger partial charge in [0.1, 0.15) is 6.04 Å². The molecule has 1 unspecified atom stereocenters. The molecule has 4 aromatic carbocycles. The number of aryl methyl sites for hydroxylation is 1. The number of rotatable bonds is 9. The molecule has 1 atom stereocenters. The third-order valence-corrected chi connectivity index (χ3v) is 7.05. The Kier molecular flexibility index (Phi) is 9.01. The highest BCUT2D eigenvalue weighted by Crippen LogP contribution is 2.22. The molecule has 1 N–H and O–H groups in total. The predicted molar refractivity (Wildman–Crippen MR) is 159 cm³/mol. The largest absolute Gasteiger partial charge is 0.350 e. The van der Waals surface area contributed by atoms with E-state index in [0.29, 0.717) is 25.8 Å². The van der Waals surface area contributed by atoms with Crippen LogP contribution >= 0.6 is 15.9 Å². The number of amides is 2. The quantitative estimate of drug-likeness (QED) is 0.233. The van der Waals surface area contributed by atoms with Gasteiger partial charge in [-0.05, 0) is 66.8 Å². The van der Waals surface area contributed by atoms with Gasteiger partial charge in [-0.15, -0.1) is 0 Å². The van der Waals surface area contributed by atoms with Crippen molar-refractivity contribution in [2.24, 2.45) is 0 Å². The second-order valence-electron chi connectivity index (χ2n) is 10.7. The van der Waals surface area contributed by atoms with Gasteiger partial charge in [-0.3, -0.25) is 9.59 Å². The Bertz CT molecular complexity index is 1370. The number of hydrogen-bond acceptors (Lipinski definition) is 2. The van der Waals surface area contributed by atoms with Crippen LogP contribution < -0.4 is 5.32 Å². The maximum atomic E-state index is 14.0. The second kappa shape index (κ2) is 12.4. The van der Waals surface area contributed by atoms with Gasteiger partial charge >= 0.3 is 0 Å². The number of carbonyl (C=O) groups excluding carboxylic acids is 2. The van der Waals surface area contributed by atoms with Crippen molar-refractivity contribution in [1.29, 1.82) is 0 Å². The van der Waals surface area contributed by atoms with E-state index in [0.717, 1.165) is 31.9 Å². The number of fused-ring (bicyclic) bond motifs is 1. The molecule has 4 nitrogen and oxygen atoms in total. The summed E-state index contributed by atoms with van der Waals surface area (Å²) in [4.78, 5) is 29.4. The summed E-state index contributed by atoms with van der Waals surface area (Å²) in [5, 5.41) is 5.45. The van der Waals surface area contributed by atoms with Crippen molar-refractivity contribution >= 4 is 38.5 Å². The summed E-state index contributed by atoms with van der Waals surface area (Å²) in [5.41, 5.74) is 2.72. The Morgan fingerprint density at radius 1 is 0.816 bits per heavy atom. The van der Waals surface area contributed by atoms with Crippen molar-refractivity contribution in [2.75, 3.05) is 0 Å². The molecule has 0 aliphatic rings. The highest BCUT2D eigenvalue weighted by Gasteiger charge is 2.32. The Morgan fingerprint density at radius 2 is 1.47 bits per heavy atom. The molecule has 0 saturated heterocycles. The van der Waals surface area contributed by atoms with E-state index in [1.807, 2.05) is 93.6 Å². The number of carbonyl (C=O) groups is 2. The molecule has 4 aromatic rings. The van der Waals surface area contributed by atoms with E-state index in [-0.39, 0.29) is 11.8 Å². The van der Waals surface area contributed by atoms with E-state index < -0.39 is 11.6 Å². The van der Waals surface area contributed by atoms with Crippen molar-refractivity contribution in [1.82, 2.24) is 10.2 Å². The number of hydrogen-bond donors (Lipinski definition) is 1. The summed E-state index contributed by atoms with van der Waals surface area (Å²) in [6, 6.07) is 31.7. The summed E-state index contributed by atoms with van der Waals surface area (Å²) in [6.45, 7) is 6.25. The Labute approximate surface area is 234 Å². The van der Waals surface area contributed by atoms with Crippen molar-refractivity contribution < 1.29 is 9.59 Å². The maximum absolute atomic E-state index is 14.0. The average molecular weight is 572 g/mol. The minimum atomic E-state index is -0.639. The fourth-order valence-electron chi connectivity index (χ4n) is 4.69. The topological polar surface area (TPSA) is 49.4 Å². The monoisotopic (exact) mass is 570 g/mol. The molecule has 0 fully saturated rings. The predicted octanol–water partition coefficient (Wildman–Crippen LogP) is 7.09. The summed E-state index contributed by atoms with van der Waals surface area (Å²) >= 11 is 3.50. The maximum Gasteiger partial charge on any atom is 0.243 e. The highest BCUT2D eigenvalue weighted by atomic mass is 79.9. The molecule has 0 radical (unpaired) electrons. The first kappa shape index (κ1) is 27.6. The minimum absolute atomic E-state index is 0.0363. The first-order valence-corrected chi connectivity index (χ1v) is 13.9. The first-order valence-electron chi connectivity index (χ1n) is 13.1. The Balaban J connectivity index is 1.65. The van der Waals surface area contributed by atoms with Gasteiger partial charge in [0.2, 0.25) is 11.8 Å². The smallest absolute Gasteiger partial charge is 0.243 e. The van der Waals surface area contributed by atoms with Crippen molar-refractivity contribution in [2.45, 2.75) is 58.2 Å². The fourth-order valence-corrected chi connectivity index (χ4v) is 4.95. The summed E-state index contributed by atoms with van der Waals surface area (Å²) in [6.07, 6.45) is 1.37. The molecule has 196 valence electrons. The van der Waals surface area contributed by atoms with Crippen LogP contribution in [-0.2, 0) is 29.0 Å². The molecular formula is C33H35BrN2O2. The Hall–Kier alpha value is -3.44. The van der Waals surface area contributed by atoms with Gasteiger partial charge < -0.3 is 10.2 Å². The van der Waals surface area contributed by atoms with Crippen LogP contribution in [0.2, 0.25) is 0 Å². The number of benzene rings is 4. The van der Waals surface area contributed by atoms with Crippen LogP contribution in [0, 0.1) is 0 Å². The third kappa shape index (κ3) is 7.55. The average Bonchev–Trinajstić information content (AvgIpc) is 2.90. The van der Waals surface area contributed by atoms with Crippen molar-refractivity contribution in [3.8, 4) is 0 Å². The Morgan fingerprint density at radius 3 is 2.18 bits per heavy atom. The lowest BCUT2D eigenvalue weighted by atomic mass is 9.98. The number of halogens is 1. The van der Waals surface area contributed by atoms with E-state index >= 15 is 0 Å². The van der Waals surface area contributed by atoms with Gasteiger partial charge in [0.25, 0.3) is 0 Å². The zero-order chi connectivity index (χ0) is 27.1. The highest BCUT2D eigenvalue weighted by molar-refractivity contribution is 9.10. The molecule has 0 saturated carbocycles. The molecule has 2 amide bonds. The molecule has 0 heterocycles. The van der Waals surface area contributed by atoms with E-state index in [1.54, 1.807) is 4.90 Å². The molecule has 0 aliphatic carbocycles. The summed E-state index contributed by atoms with van der Waals surface area (Å²) in [7, 11) is 0. The molecular weight excluding hydrogens is 536 g/mol. The zero-order valence-electron chi connectivity index (χ0n) is 22.3. The van der Waals surface area contributed by atoms with Crippen LogP contribution in [-0.4, -0.2) is 28.3 Å². The van der Waals surface area contributed by atoms with Crippen LogP contribution in [0.5, 0.6) is 0 Å². The van der Waals surface area contributed by atoms with Gasteiger partial charge in [0.05, 0.1) is 0 Å². The van der Waals surface area contributed by atoms with Crippen LogP contribution in [0.4, 0.5) is 0 Å². The van der Waals surface area contributed by atoms with Gasteiger partial charge in [-0.2, -0.15) is 0 Å². The standard InChI is InChI=1S/C33H35BrN2O2/c1-33(2,3)35-32(38)30(22-24-10-5-4-6-11-24)36(23-25-16-19-28(34)20-17-25)31(37)21-18-27-14-9-13-26-12-7-8-15-29(26)27/h4-17,19-20,30H,18,21-23H2,1-3H3,(H,35,38). The van der Waals surface area contributed by atoms with Gasteiger partial charge in [0, 0.05) is 29.4 Å². The van der Waals surface area contributed by atoms with E-state index in [1.165, 1.54) is 0 Å². The van der Waals surface area contributed by atoms with E-state index in [9.17, 15) is 9.59 Å². The normalized spacial score (nSPS) is 12.2. The van der Waals surface area contributed by atoms with Crippen molar-refractivity contribution in [3.63, 3.8) is 0 Å². The van der Waals surface area contributed by atoms with Crippen molar-refractivity contribution in [3.05, 3.63) is 118 Å². The van der Waals surface area contributed by atoms with Crippen LogP contribution in [0.1, 0.15) is 43.9 Å². The molecule has 0 bridgehead atoms. The zero-order valence-corrected chi connectivity index (χ0v) is 23.9. The lowest BCUT2D eigenvalue weighted by molar-refractivity contribution is -0.141. The van der Waals surface area contributed by atoms with Gasteiger partial charge in [0.15, 0.2) is 0 Å². The van der Waals surface area contributed by atoms with Gasteiger partial charge in [-0.1, -0.05) is 101 Å². The van der Waals surface area contributed by atoms with E-state index in [2.05, 4.69) is 45.5 Å².